The van der Waals surface area contributed by atoms with E-state index in [0.717, 1.165) is 17.2 Å². The molecular weight excluding hydrogens is 498 g/mol. The number of carbonyl (C=O) groups is 2. The molecule has 0 aliphatic carbocycles. The van der Waals surface area contributed by atoms with E-state index in [2.05, 4.69) is 17.2 Å². The average Bonchev–Trinajstić information content (AvgIpc) is 3.60. The number of fused-ring (bicyclic) bond motifs is 1. The number of hydrogen-bond acceptors (Lipinski definition) is 6. The fourth-order valence-electron chi connectivity index (χ4n) is 3.83. The van der Waals surface area contributed by atoms with Gasteiger partial charge in [-0.15, -0.1) is 11.3 Å². The standard InChI is InChI=1S/C26H21N3O5S2/c1-2-24(30)28-25-13-18-14-29(15-22(18)34-25)36(32,33)21-10-8-20(9-11-21)27-26(31)23-12-19(16-35-23)17-6-4-3-5-7-17/h2-13,16H,1,14-15H2,(H,27,31)(H,28,30). The van der Waals surface area contributed by atoms with Crippen molar-refractivity contribution in [2.75, 3.05) is 10.6 Å². The number of amides is 2. The molecule has 4 aromatic rings. The topological polar surface area (TPSA) is 109 Å². The zero-order chi connectivity index (χ0) is 25.3. The van der Waals surface area contributed by atoms with Gasteiger partial charge in [-0.25, -0.2) is 8.42 Å². The molecule has 0 saturated carbocycles. The van der Waals surface area contributed by atoms with Gasteiger partial charge in [-0.2, -0.15) is 4.31 Å². The van der Waals surface area contributed by atoms with Gasteiger partial charge in [0.15, 0.2) is 5.88 Å². The lowest BCUT2D eigenvalue weighted by Gasteiger charge is -2.16. The van der Waals surface area contributed by atoms with Crippen LogP contribution in [-0.2, 0) is 27.9 Å². The minimum Gasteiger partial charge on any atom is -0.444 e. The number of carbonyl (C=O) groups excluding carboxylic acids is 2. The molecule has 1 aliphatic rings. The van der Waals surface area contributed by atoms with Crippen LogP contribution in [0.25, 0.3) is 11.1 Å². The Bertz CT molecular complexity index is 1530. The molecule has 0 radical (unpaired) electrons. The Hall–Kier alpha value is -3.99. The van der Waals surface area contributed by atoms with Gasteiger partial charge in [0, 0.05) is 23.9 Å². The number of furan rings is 1. The monoisotopic (exact) mass is 519 g/mol. The van der Waals surface area contributed by atoms with Crippen molar-refractivity contribution in [1.82, 2.24) is 4.31 Å². The predicted octanol–water partition coefficient (Wildman–Crippen LogP) is 5.09. The molecule has 0 spiro atoms. The van der Waals surface area contributed by atoms with Crippen molar-refractivity contribution >= 4 is 44.7 Å². The Morgan fingerprint density at radius 1 is 0.972 bits per heavy atom. The van der Waals surface area contributed by atoms with Crippen molar-refractivity contribution in [2.45, 2.75) is 18.0 Å². The second-order valence-corrected chi connectivity index (χ2v) is 10.9. The van der Waals surface area contributed by atoms with Gasteiger partial charge < -0.3 is 9.73 Å². The first-order chi connectivity index (χ1) is 17.3. The maximum atomic E-state index is 13.1. The van der Waals surface area contributed by atoms with Crippen LogP contribution in [0.1, 0.15) is 21.0 Å². The summed E-state index contributed by atoms with van der Waals surface area (Å²) in [6.07, 6.45) is 1.12. The first-order valence-electron chi connectivity index (χ1n) is 10.9. The van der Waals surface area contributed by atoms with E-state index in [0.29, 0.717) is 21.9 Å². The number of sulfonamides is 1. The molecule has 0 atom stereocenters. The van der Waals surface area contributed by atoms with Gasteiger partial charge in [0.1, 0.15) is 5.76 Å². The minimum absolute atomic E-state index is 0.0578. The van der Waals surface area contributed by atoms with Crippen molar-refractivity contribution in [1.29, 1.82) is 0 Å². The highest BCUT2D eigenvalue weighted by Crippen LogP contribution is 2.33. The Balaban J connectivity index is 1.24. The number of nitrogens with zero attached hydrogens (tertiary/aromatic N) is 1. The quantitative estimate of drug-likeness (QED) is 0.331. The van der Waals surface area contributed by atoms with E-state index in [-0.39, 0.29) is 29.8 Å². The largest absolute Gasteiger partial charge is 0.444 e. The summed E-state index contributed by atoms with van der Waals surface area (Å²) in [6, 6.07) is 19.3. The normalized spacial score (nSPS) is 13.2. The number of rotatable bonds is 7. The molecule has 0 unspecified atom stereocenters. The van der Waals surface area contributed by atoms with Crippen LogP contribution < -0.4 is 10.6 Å². The fourth-order valence-corrected chi connectivity index (χ4v) is 6.02. The zero-order valence-electron chi connectivity index (χ0n) is 18.9. The molecule has 2 aromatic heterocycles. The third-order valence-electron chi connectivity index (χ3n) is 5.68. The van der Waals surface area contributed by atoms with E-state index in [1.807, 2.05) is 41.8 Å². The highest BCUT2D eigenvalue weighted by molar-refractivity contribution is 7.89. The van der Waals surface area contributed by atoms with Crippen molar-refractivity contribution in [3.8, 4) is 11.1 Å². The summed E-state index contributed by atoms with van der Waals surface area (Å²) >= 11 is 1.34. The molecule has 0 fully saturated rings. The lowest BCUT2D eigenvalue weighted by Crippen LogP contribution is -2.25. The molecule has 36 heavy (non-hydrogen) atoms. The summed E-state index contributed by atoms with van der Waals surface area (Å²) in [4.78, 5) is 24.8. The van der Waals surface area contributed by atoms with Gasteiger partial charge in [-0.05, 0) is 52.9 Å². The average molecular weight is 520 g/mol. The Labute approximate surface area is 211 Å². The maximum absolute atomic E-state index is 13.1. The third kappa shape index (κ3) is 4.74. The molecule has 3 heterocycles. The summed E-state index contributed by atoms with van der Waals surface area (Å²) in [6.45, 7) is 3.57. The summed E-state index contributed by atoms with van der Waals surface area (Å²) in [7, 11) is -3.78. The third-order valence-corrected chi connectivity index (χ3v) is 8.41. The molecular formula is C26H21N3O5S2. The fraction of sp³-hybridized carbons (Fsp3) is 0.0769. The van der Waals surface area contributed by atoms with Gasteiger partial charge in [-0.1, -0.05) is 36.9 Å². The molecule has 8 nitrogen and oxygen atoms in total. The van der Waals surface area contributed by atoms with E-state index in [9.17, 15) is 18.0 Å². The number of anilines is 2. The van der Waals surface area contributed by atoms with Crippen LogP contribution in [0.2, 0.25) is 0 Å². The molecule has 182 valence electrons. The van der Waals surface area contributed by atoms with Crippen LogP contribution in [-0.4, -0.2) is 24.5 Å². The smallest absolute Gasteiger partial charge is 0.265 e. The molecule has 0 saturated heterocycles. The number of benzene rings is 2. The first kappa shape index (κ1) is 23.7. The second-order valence-electron chi connectivity index (χ2n) is 8.07. The highest BCUT2D eigenvalue weighted by Gasteiger charge is 2.33. The Kier molecular flexibility index (Phi) is 6.31. The molecule has 10 heteroatoms. The van der Waals surface area contributed by atoms with Crippen LogP contribution in [0.4, 0.5) is 11.6 Å². The van der Waals surface area contributed by atoms with Crippen molar-refractivity contribution in [3.05, 3.63) is 101 Å². The van der Waals surface area contributed by atoms with Crippen molar-refractivity contribution in [3.63, 3.8) is 0 Å². The van der Waals surface area contributed by atoms with Crippen LogP contribution in [0, 0.1) is 0 Å². The van der Waals surface area contributed by atoms with Gasteiger partial charge in [0.2, 0.25) is 15.9 Å². The maximum Gasteiger partial charge on any atom is 0.265 e. The van der Waals surface area contributed by atoms with E-state index >= 15 is 0 Å². The van der Waals surface area contributed by atoms with E-state index in [1.165, 1.54) is 27.8 Å². The Morgan fingerprint density at radius 2 is 1.72 bits per heavy atom. The SMILES string of the molecule is C=CC(=O)Nc1cc2c(o1)CN(S(=O)(=O)c1ccc(NC(=O)c3cc(-c4ccccc4)cs3)cc1)C2. The summed E-state index contributed by atoms with van der Waals surface area (Å²) in [5.41, 5.74) is 3.17. The van der Waals surface area contributed by atoms with Crippen molar-refractivity contribution < 1.29 is 22.4 Å². The van der Waals surface area contributed by atoms with Crippen molar-refractivity contribution in [2.24, 2.45) is 0 Å². The van der Waals surface area contributed by atoms with Crippen LogP contribution in [0.5, 0.6) is 0 Å². The molecule has 0 bridgehead atoms. The minimum atomic E-state index is -3.78. The predicted molar refractivity (Wildman–Crippen MR) is 138 cm³/mol. The van der Waals surface area contributed by atoms with Gasteiger partial charge in [0.05, 0.1) is 16.3 Å². The lowest BCUT2D eigenvalue weighted by atomic mass is 10.1. The van der Waals surface area contributed by atoms with Crippen LogP contribution in [0.15, 0.2) is 94.1 Å². The molecule has 1 aliphatic heterocycles. The number of hydrogen-bond donors (Lipinski definition) is 2. The summed E-state index contributed by atoms with van der Waals surface area (Å²) < 4.78 is 33.1. The molecule has 2 N–H and O–H groups in total. The zero-order valence-corrected chi connectivity index (χ0v) is 20.6. The Morgan fingerprint density at radius 3 is 2.42 bits per heavy atom. The number of thiophene rings is 1. The van der Waals surface area contributed by atoms with Gasteiger partial charge in [-0.3, -0.25) is 14.9 Å². The van der Waals surface area contributed by atoms with E-state index < -0.39 is 15.9 Å². The molecule has 2 aromatic carbocycles. The van der Waals surface area contributed by atoms with Gasteiger partial charge in [0.25, 0.3) is 5.91 Å². The van der Waals surface area contributed by atoms with Crippen LogP contribution >= 0.6 is 11.3 Å². The number of nitrogens with one attached hydrogen (secondary N) is 2. The molecule has 5 rings (SSSR count). The first-order valence-corrected chi connectivity index (χ1v) is 13.3. The summed E-state index contributed by atoms with van der Waals surface area (Å²) in [5, 5.41) is 7.27. The van der Waals surface area contributed by atoms with E-state index in [4.69, 9.17) is 4.42 Å². The lowest BCUT2D eigenvalue weighted by molar-refractivity contribution is -0.112. The van der Waals surface area contributed by atoms with Crippen LogP contribution in [0.3, 0.4) is 0 Å². The highest BCUT2D eigenvalue weighted by atomic mass is 32.2. The second kappa shape index (κ2) is 9.57. The summed E-state index contributed by atoms with van der Waals surface area (Å²) in [5.74, 6) is 0.0624. The molecule has 2 amide bonds. The van der Waals surface area contributed by atoms with E-state index in [1.54, 1.807) is 18.2 Å². The van der Waals surface area contributed by atoms with Gasteiger partial charge >= 0.3 is 0 Å².